The first-order valence-electron chi connectivity index (χ1n) is 6.48. The third kappa shape index (κ3) is 3.24. The van der Waals surface area contributed by atoms with Gasteiger partial charge in [0.25, 0.3) is 0 Å². The molecule has 19 heavy (non-hydrogen) atoms. The fourth-order valence-corrected chi connectivity index (χ4v) is 2.35. The van der Waals surface area contributed by atoms with Crippen LogP contribution in [0, 0.1) is 0 Å². The standard InChI is InChI=1S/C14H19NO4/c1-2-19-9-12(16)8-15-6-5-10-7-11(14(17)18)3-4-13(10)15/h3-4,7,12,16H,2,5-6,8-9H2,1H3,(H,17,18). The molecular weight excluding hydrogens is 246 g/mol. The van der Waals surface area contributed by atoms with Crippen LogP contribution in [-0.2, 0) is 11.2 Å². The fraction of sp³-hybridized carbons (Fsp3) is 0.500. The molecule has 0 bridgehead atoms. The molecule has 1 aliphatic heterocycles. The van der Waals surface area contributed by atoms with Crippen LogP contribution in [-0.4, -0.2) is 48.6 Å². The lowest BCUT2D eigenvalue weighted by Crippen LogP contribution is -2.33. The van der Waals surface area contributed by atoms with E-state index in [4.69, 9.17) is 9.84 Å². The van der Waals surface area contributed by atoms with E-state index >= 15 is 0 Å². The summed E-state index contributed by atoms with van der Waals surface area (Å²) in [4.78, 5) is 13.0. The van der Waals surface area contributed by atoms with Crippen molar-refractivity contribution in [1.29, 1.82) is 0 Å². The van der Waals surface area contributed by atoms with Crippen LogP contribution in [0.3, 0.4) is 0 Å². The smallest absolute Gasteiger partial charge is 0.335 e. The average Bonchev–Trinajstić information content (AvgIpc) is 2.78. The Morgan fingerprint density at radius 1 is 1.53 bits per heavy atom. The quantitative estimate of drug-likeness (QED) is 0.807. The molecule has 1 aliphatic rings. The highest BCUT2D eigenvalue weighted by atomic mass is 16.5. The first kappa shape index (κ1) is 13.8. The Balaban J connectivity index is 2.03. The molecule has 0 saturated carbocycles. The number of nitrogens with zero attached hydrogens (tertiary/aromatic N) is 1. The van der Waals surface area contributed by atoms with Gasteiger partial charge in [0.2, 0.25) is 0 Å². The number of anilines is 1. The Labute approximate surface area is 112 Å². The van der Waals surface area contributed by atoms with Gasteiger partial charge >= 0.3 is 5.97 Å². The molecular formula is C14H19NO4. The second-order valence-electron chi connectivity index (χ2n) is 4.66. The Morgan fingerprint density at radius 3 is 3.00 bits per heavy atom. The minimum absolute atomic E-state index is 0.315. The van der Waals surface area contributed by atoms with Crippen molar-refractivity contribution in [2.45, 2.75) is 19.4 Å². The number of rotatable bonds is 6. The molecule has 5 heteroatoms. The summed E-state index contributed by atoms with van der Waals surface area (Å²) in [6.07, 6.45) is 0.294. The van der Waals surface area contributed by atoms with E-state index in [9.17, 15) is 9.90 Å². The summed E-state index contributed by atoms with van der Waals surface area (Å²) < 4.78 is 5.19. The van der Waals surface area contributed by atoms with Crippen LogP contribution in [0.2, 0.25) is 0 Å². The molecule has 0 amide bonds. The molecule has 2 N–H and O–H groups in total. The Hall–Kier alpha value is -1.59. The summed E-state index contributed by atoms with van der Waals surface area (Å²) >= 11 is 0. The second kappa shape index (κ2) is 6.04. The van der Waals surface area contributed by atoms with E-state index in [2.05, 4.69) is 4.90 Å². The normalized spacial score (nSPS) is 15.4. The van der Waals surface area contributed by atoms with Crippen molar-refractivity contribution in [2.24, 2.45) is 0 Å². The lowest BCUT2D eigenvalue weighted by atomic mass is 10.1. The predicted molar refractivity (Wildman–Crippen MR) is 71.8 cm³/mol. The molecule has 1 heterocycles. The van der Waals surface area contributed by atoms with Crippen LogP contribution in [0.5, 0.6) is 0 Å². The maximum absolute atomic E-state index is 10.9. The number of β-amino-alcohol motifs (C(OH)–C–C–N with tert-alkyl or cyclic N) is 1. The number of benzene rings is 1. The van der Waals surface area contributed by atoms with Gasteiger partial charge < -0.3 is 19.8 Å². The first-order chi connectivity index (χ1) is 9.11. The molecule has 0 radical (unpaired) electrons. The molecule has 0 spiro atoms. The molecule has 1 unspecified atom stereocenters. The summed E-state index contributed by atoms with van der Waals surface area (Å²) in [5.74, 6) is -0.905. The van der Waals surface area contributed by atoms with Gasteiger partial charge in [0, 0.05) is 25.4 Å². The van der Waals surface area contributed by atoms with Crippen molar-refractivity contribution in [1.82, 2.24) is 0 Å². The monoisotopic (exact) mass is 265 g/mol. The molecule has 0 fully saturated rings. The minimum Gasteiger partial charge on any atom is -0.478 e. The number of ether oxygens (including phenoxy) is 1. The van der Waals surface area contributed by atoms with Crippen LogP contribution >= 0.6 is 0 Å². The number of carbonyl (C=O) groups is 1. The number of aliphatic hydroxyl groups excluding tert-OH is 1. The van der Waals surface area contributed by atoms with E-state index < -0.39 is 12.1 Å². The summed E-state index contributed by atoms with van der Waals surface area (Å²) in [6.45, 7) is 4.14. The number of hydrogen-bond donors (Lipinski definition) is 2. The number of carboxylic acid groups (broad SMARTS) is 1. The van der Waals surface area contributed by atoms with E-state index in [0.717, 1.165) is 24.2 Å². The third-order valence-corrected chi connectivity index (χ3v) is 3.26. The van der Waals surface area contributed by atoms with Crippen LogP contribution in [0.15, 0.2) is 18.2 Å². The SMILES string of the molecule is CCOCC(O)CN1CCc2cc(C(=O)O)ccc21. The zero-order valence-corrected chi connectivity index (χ0v) is 11.0. The molecule has 0 aliphatic carbocycles. The molecule has 0 saturated heterocycles. The second-order valence-corrected chi connectivity index (χ2v) is 4.66. The minimum atomic E-state index is -0.905. The van der Waals surface area contributed by atoms with Crippen molar-refractivity contribution in [2.75, 3.05) is 31.2 Å². The van der Waals surface area contributed by atoms with Gasteiger partial charge in [-0.3, -0.25) is 0 Å². The summed E-state index contributed by atoms with van der Waals surface area (Å²) in [5.41, 5.74) is 2.36. The lowest BCUT2D eigenvalue weighted by Gasteiger charge is -2.22. The average molecular weight is 265 g/mol. The maximum atomic E-state index is 10.9. The Bertz CT molecular complexity index is 461. The molecule has 5 nitrogen and oxygen atoms in total. The zero-order chi connectivity index (χ0) is 13.8. The largest absolute Gasteiger partial charge is 0.478 e. The van der Waals surface area contributed by atoms with Crippen LogP contribution in [0.25, 0.3) is 0 Å². The van der Waals surface area contributed by atoms with Gasteiger partial charge in [0.1, 0.15) is 0 Å². The van der Waals surface area contributed by atoms with E-state index in [-0.39, 0.29) is 0 Å². The van der Waals surface area contributed by atoms with Crippen molar-refractivity contribution in [3.05, 3.63) is 29.3 Å². The van der Waals surface area contributed by atoms with Crippen molar-refractivity contribution in [3.8, 4) is 0 Å². The van der Waals surface area contributed by atoms with Gasteiger partial charge in [-0.05, 0) is 37.1 Å². The summed E-state index contributed by atoms with van der Waals surface area (Å²) in [7, 11) is 0. The highest BCUT2D eigenvalue weighted by Crippen LogP contribution is 2.28. The fourth-order valence-electron chi connectivity index (χ4n) is 2.35. The van der Waals surface area contributed by atoms with E-state index in [1.165, 1.54) is 0 Å². The van der Waals surface area contributed by atoms with Crippen molar-refractivity contribution in [3.63, 3.8) is 0 Å². The number of aromatic carboxylic acids is 1. The van der Waals surface area contributed by atoms with Gasteiger partial charge in [0.15, 0.2) is 0 Å². The first-order valence-corrected chi connectivity index (χ1v) is 6.48. The highest BCUT2D eigenvalue weighted by Gasteiger charge is 2.22. The van der Waals surface area contributed by atoms with Crippen LogP contribution in [0.4, 0.5) is 5.69 Å². The van der Waals surface area contributed by atoms with Crippen LogP contribution in [0.1, 0.15) is 22.8 Å². The third-order valence-electron chi connectivity index (χ3n) is 3.26. The van der Waals surface area contributed by atoms with Gasteiger partial charge in [-0.25, -0.2) is 4.79 Å². The topological polar surface area (TPSA) is 70.0 Å². The van der Waals surface area contributed by atoms with Gasteiger partial charge in [-0.1, -0.05) is 0 Å². The van der Waals surface area contributed by atoms with Crippen molar-refractivity contribution >= 4 is 11.7 Å². The van der Waals surface area contributed by atoms with E-state index in [1.54, 1.807) is 12.1 Å². The molecule has 0 aromatic heterocycles. The molecule has 1 aromatic carbocycles. The molecule has 2 rings (SSSR count). The number of carboxylic acids is 1. The number of aliphatic hydroxyl groups is 1. The molecule has 1 atom stereocenters. The Morgan fingerprint density at radius 2 is 2.32 bits per heavy atom. The number of hydrogen-bond acceptors (Lipinski definition) is 4. The summed E-state index contributed by atoms with van der Waals surface area (Å²) in [6, 6.07) is 5.14. The zero-order valence-electron chi connectivity index (χ0n) is 11.0. The Kier molecular flexibility index (Phi) is 4.39. The van der Waals surface area contributed by atoms with E-state index in [1.807, 2.05) is 13.0 Å². The van der Waals surface area contributed by atoms with Crippen molar-refractivity contribution < 1.29 is 19.7 Å². The maximum Gasteiger partial charge on any atom is 0.335 e. The highest BCUT2D eigenvalue weighted by molar-refractivity contribution is 5.88. The molecule has 104 valence electrons. The summed E-state index contributed by atoms with van der Waals surface area (Å²) in [5, 5.41) is 18.8. The van der Waals surface area contributed by atoms with Gasteiger partial charge in [-0.2, -0.15) is 0 Å². The van der Waals surface area contributed by atoms with Gasteiger partial charge in [0.05, 0.1) is 18.3 Å². The lowest BCUT2D eigenvalue weighted by molar-refractivity contribution is 0.0465. The number of fused-ring (bicyclic) bond motifs is 1. The van der Waals surface area contributed by atoms with E-state index in [0.29, 0.717) is 25.3 Å². The molecule has 1 aromatic rings. The predicted octanol–water partition coefficient (Wildman–Crippen LogP) is 1.14. The van der Waals surface area contributed by atoms with Crippen LogP contribution < -0.4 is 4.90 Å². The van der Waals surface area contributed by atoms with Gasteiger partial charge in [-0.15, -0.1) is 0 Å².